The van der Waals surface area contributed by atoms with E-state index in [0.29, 0.717) is 17.3 Å². The topological polar surface area (TPSA) is 68.3 Å². The molecule has 0 spiro atoms. The highest BCUT2D eigenvalue weighted by Gasteiger charge is 2.44. The number of aromatic nitrogens is 1. The summed E-state index contributed by atoms with van der Waals surface area (Å²) >= 11 is 2.99. The van der Waals surface area contributed by atoms with Crippen LogP contribution in [0.1, 0.15) is 25.0 Å². The number of carbonyl (C=O) groups is 2. The minimum absolute atomic E-state index is 0.0433. The standard InChI is InChI=1S/C13H18N2O3S2/c1-9-6-20-12(14-9)15-10(16)7-19-8-13(3-4-13)5-11(17)18-2/h6H,3-5,7-8H2,1-2H3,(H,14,15,16). The van der Waals surface area contributed by atoms with Gasteiger partial charge in [0.05, 0.1) is 25.0 Å². The van der Waals surface area contributed by atoms with Gasteiger partial charge in [0.1, 0.15) is 0 Å². The third-order valence-corrected chi connectivity index (χ3v) is 5.37. The summed E-state index contributed by atoms with van der Waals surface area (Å²) in [4.78, 5) is 27.2. The zero-order valence-corrected chi connectivity index (χ0v) is 13.2. The molecule has 0 saturated heterocycles. The van der Waals surface area contributed by atoms with E-state index in [0.717, 1.165) is 24.3 Å². The molecule has 0 unspecified atom stereocenters. The van der Waals surface area contributed by atoms with E-state index < -0.39 is 0 Å². The molecule has 1 saturated carbocycles. The van der Waals surface area contributed by atoms with Crippen LogP contribution in [0.4, 0.5) is 5.13 Å². The number of rotatable bonds is 7. The van der Waals surface area contributed by atoms with Gasteiger partial charge in [0.25, 0.3) is 0 Å². The summed E-state index contributed by atoms with van der Waals surface area (Å²) in [5.74, 6) is 1.01. The van der Waals surface area contributed by atoms with Crippen molar-refractivity contribution in [2.24, 2.45) is 5.41 Å². The van der Waals surface area contributed by atoms with Gasteiger partial charge in [-0.15, -0.1) is 11.3 Å². The molecule has 110 valence electrons. The van der Waals surface area contributed by atoms with Gasteiger partial charge in [0.15, 0.2) is 5.13 Å². The predicted molar refractivity (Wildman–Crippen MR) is 81.1 cm³/mol. The minimum Gasteiger partial charge on any atom is -0.469 e. The first-order valence-electron chi connectivity index (χ1n) is 6.40. The molecule has 1 amide bonds. The molecule has 0 aromatic carbocycles. The zero-order chi connectivity index (χ0) is 14.6. The average Bonchev–Trinajstić information content (AvgIpc) is 3.03. The average molecular weight is 314 g/mol. The second kappa shape index (κ2) is 6.58. The first-order valence-corrected chi connectivity index (χ1v) is 8.43. The van der Waals surface area contributed by atoms with Crippen molar-refractivity contribution in [1.82, 2.24) is 4.98 Å². The van der Waals surface area contributed by atoms with E-state index in [1.807, 2.05) is 12.3 Å². The fourth-order valence-electron chi connectivity index (χ4n) is 1.85. The molecule has 5 nitrogen and oxygen atoms in total. The van der Waals surface area contributed by atoms with Crippen LogP contribution in [-0.4, -0.2) is 35.5 Å². The number of methoxy groups -OCH3 is 1. The number of aryl methyl sites for hydroxylation is 1. The molecule has 0 bridgehead atoms. The van der Waals surface area contributed by atoms with Crippen molar-refractivity contribution in [2.75, 3.05) is 23.9 Å². The van der Waals surface area contributed by atoms with Crippen molar-refractivity contribution in [3.8, 4) is 0 Å². The molecule has 1 aromatic heterocycles. The molecular weight excluding hydrogens is 296 g/mol. The molecule has 0 radical (unpaired) electrons. The number of esters is 1. The van der Waals surface area contributed by atoms with Crippen LogP contribution in [0.15, 0.2) is 5.38 Å². The van der Waals surface area contributed by atoms with Crippen LogP contribution in [0.2, 0.25) is 0 Å². The quantitative estimate of drug-likeness (QED) is 0.783. The normalized spacial score (nSPS) is 15.7. The number of amides is 1. The molecule has 1 aliphatic carbocycles. The molecule has 0 aliphatic heterocycles. The molecule has 0 atom stereocenters. The first-order chi connectivity index (χ1) is 9.53. The van der Waals surface area contributed by atoms with Crippen LogP contribution in [0.25, 0.3) is 0 Å². The molecule has 7 heteroatoms. The van der Waals surface area contributed by atoms with Crippen LogP contribution in [0, 0.1) is 12.3 Å². The Hall–Kier alpha value is -1.08. The van der Waals surface area contributed by atoms with E-state index in [-0.39, 0.29) is 17.3 Å². The van der Waals surface area contributed by atoms with Crippen LogP contribution in [-0.2, 0) is 14.3 Å². The lowest BCUT2D eigenvalue weighted by Crippen LogP contribution is -2.17. The van der Waals surface area contributed by atoms with Crippen LogP contribution < -0.4 is 5.32 Å². The Bertz CT molecular complexity index is 498. The smallest absolute Gasteiger partial charge is 0.306 e. The van der Waals surface area contributed by atoms with E-state index in [4.69, 9.17) is 4.74 Å². The molecular formula is C13H18N2O3S2. The summed E-state index contributed by atoms with van der Waals surface area (Å²) in [5, 5.41) is 5.32. The van der Waals surface area contributed by atoms with E-state index in [1.165, 1.54) is 18.4 Å². The third-order valence-electron chi connectivity index (χ3n) is 3.21. The van der Waals surface area contributed by atoms with Gasteiger partial charge in [-0.2, -0.15) is 11.8 Å². The lowest BCUT2D eigenvalue weighted by atomic mass is 10.1. The largest absolute Gasteiger partial charge is 0.469 e. The van der Waals surface area contributed by atoms with Gasteiger partial charge in [0.2, 0.25) is 5.91 Å². The summed E-state index contributed by atoms with van der Waals surface area (Å²) in [5.41, 5.74) is 0.975. The van der Waals surface area contributed by atoms with Crippen molar-refractivity contribution >= 4 is 40.1 Å². The zero-order valence-electron chi connectivity index (χ0n) is 11.6. The maximum Gasteiger partial charge on any atom is 0.306 e. The summed E-state index contributed by atoms with van der Waals surface area (Å²) in [7, 11) is 1.41. The molecule has 20 heavy (non-hydrogen) atoms. The molecule has 1 heterocycles. The maximum absolute atomic E-state index is 11.7. The summed E-state index contributed by atoms with van der Waals surface area (Å²) in [6.07, 6.45) is 2.55. The summed E-state index contributed by atoms with van der Waals surface area (Å²) < 4.78 is 4.70. The molecule has 1 aromatic rings. The second-order valence-corrected chi connectivity index (χ2v) is 6.93. The molecule has 2 rings (SSSR count). The van der Waals surface area contributed by atoms with Gasteiger partial charge in [0, 0.05) is 5.38 Å². The Kier molecular flexibility index (Phi) is 5.04. The number of hydrogen-bond acceptors (Lipinski definition) is 6. The Balaban J connectivity index is 1.68. The molecule has 1 aliphatic rings. The second-order valence-electron chi connectivity index (χ2n) is 5.09. The monoisotopic (exact) mass is 314 g/mol. The lowest BCUT2D eigenvalue weighted by molar-refractivity contribution is -0.141. The van der Waals surface area contributed by atoms with Crippen molar-refractivity contribution in [1.29, 1.82) is 0 Å². The molecule has 1 fully saturated rings. The van der Waals surface area contributed by atoms with Gasteiger partial charge < -0.3 is 10.1 Å². The van der Waals surface area contributed by atoms with Gasteiger partial charge in [-0.25, -0.2) is 4.98 Å². The Labute approximate surface area is 126 Å². The Morgan fingerprint density at radius 1 is 1.55 bits per heavy atom. The highest BCUT2D eigenvalue weighted by molar-refractivity contribution is 8.00. The van der Waals surface area contributed by atoms with Crippen molar-refractivity contribution in [2.45, 2.75) is 26.2 Å². The van der Waals surface area contributed by atoms with Gasteiger partial charge >= 0.3 is 5.97 Å². The van der Waals surface area contributed by atoms with E-state index in [2.05, 4.69) is 10.3 Å². The lowest BCUT2D eigenvalue weighted by Gasteiger charge is -2.12. The minimum atomic E-state index is -0.161. The number of thioether (sulfide) groups is 1. The van der Waals surface area contributed by atoms with Crippen LogP contribution in [0.3, 0.4) is 0 Å². The Morgan fingerprint density at radius 3 is 2.85 bits per heavy atom. The van der Waals surface area contributed by atoms with Crippen LogP contribution >= 0.6 is 23.1 Å². The van der Waals surface area contributed by atoms with Gasteiger partial charge in [-0.3, -0.25) is 9.59 Å². The number of nitrogens with zero attached hydrogens (tertiary/aromatic N) is 1. The van der Waals surface area contributed by atoms with Crippen molar-refractivity contribution < 1.29 is 14.3 Å². The first kappa shape index (κ1) is 15.3. The van der Waals surface area contributed by atoms with E-state index in [9.17, 15) is 9.59 Å². The van der Waals surface area contributed by atoms with Crippen molar-refractivity contribution in [3.63, 3.8) is 0 Å². The van der Waals surface area contributed by atoms with Gasteiger partial charge in [-0.1, -0.05) is 0 Å². The van der Waals surface area contributed by atoms with E-state index in [1.54, 1.807) is 11.8 Å². The Morgan fingerprint density at radius 2 is 2.30 bits per heavy atom. The van der Waals surface area contributed by atoms with E-state index >= 15 is 0 Å². The number of carbonyl (C=O) groups excluding carboxylic acids is 2. The van der Waals surface area contributed by atoms with Crippen molar-refractivity contribution in [3.05, 3.63) is 11.1 Å². The SMILES string of the molecule is COC(=O)CC1(CSCC(=O)Nc2nc(C)cs2)CC1. The number of anilines is 1. The molecule has 1 N–H and O–H groups in total. The summed E-state index contributed by atoms with van der Waals surface area (Å²) in [6, 6.07) is 0. The predicted octanol–water partition coefficient (Wildman–Crippen LogP) is 2.47. The number of hydrogen-bond donors (Lipinski definition) is 1. The highest BCUT2D eigenvalue weighted by Crippen LogP contribution is 2.51. The third kappa shape index (κ3) is 4.49. The number of nitrogens with one attached hydrogen (secondary N) is 1. The van der Waals surface area contributed by atoms with Crippen LogP contribution in [0.5, 0.6) is 0 Å². The fourth-order valence-corrected chi connectivity index (χ4v) is 3.74. The number of ether oxygens (including phenoxy) is 1. The fraction of sp³-hybridized carbons (Fsp3) is 0.615. The van der Waals surface area contributed by atoms with Gasteiger partial charge in [-0.05, 0) is 30.9 Å². The summed E-state index contributed by atoms with van der Waals surface area (Å²) in [6.45, 7) is 1.89. The maximum atomic E-state index is 11.7. The highest BCUT2D eigenvalue weighted by atomic mass is 32.2. The number of thiazole rings is 1.